The number of hydrogen-bond acceptors (Lipinski definition) is 3. The van der Waals surface area contributed by atoms with Crippen LogP contribution in [-0.4, -0.2) is 19.2 Å². The molecular weight excluding hydrogens is 266 g/mol. The minimum Gasteiger partial charge on any atom is -0.373 e. The van der Waals surface area contributed by atoms with Gasteiger partial charge in [-0.25, -0.2) is 0 Å². The molecule has 1 aliphatic heterocycles. The third kappa shape index (κ3) is 2.50. The highest BCUT2D eigenvalue weighted by atomic mass is 32.1. The second-order valence-corrected chi connectivity index (χ2v) is 6.97. The zero-order valence-electron chi connectivity index (χ0n) is 11.7. The van der Waals surface area contributed by atoms with Gasteiger partial charge in [0.1, 0.15) is 0 Å². The first kappa shape index (κ1) is 12.8. The summed E-state index contributed by atoms with van der Waals surface area (Å²) in [5, 5.41) is 7.39. The van der Waals surface area contributed by atoms with Crippen LogP contribution in [0.4, 0.5) is 0 Å². The van der Waals surface area contributed by atoms with Crippen LogP contribution in [0.5, 0.6) is 0 Å². The predicted molar refractivity (Wildman–Crippen MR) is 84.3 cm³/mol. The van der Waals surface area contributed by atoms with Crippen LogP contribution in [0.1, 0.15) is 37.4 Å². The Bertz CT molecular complexity index is 589. The maximum atomic E-state index is 6.16. The van der Waals surface area contributed by atoms with Gasteiger partial charge in [-0.1, -0.05) is 18.2 Å². The first-order valence-electron chi connectivity index (χ1n) is 7.73. The van der Waals surface area contributed by atoms with Gasteiger partial charge in [0.25, 0.3) is 0 Å². The van der Waals surface area contributed by atoms with Crippen LogP contribution >= 0.6 is 11.3 Å². The van der Waals surface area contributed by atoms with Gasteiger partial charge in [-0.2, -0.15) is 0 Å². The SMILES string of the molecule is c1ccc2c(C3OCCCC3CNC3CC3)csc2c1. The van der Waals surface area contributed by atoms with Gasteiger partial charge in [0, 0.05) is 29.8 Å². The maximum absolute atomic E-state index is 6.16. The van der Waals surface area contributed by atoms with E-state index >= 15 is 0 Å². The molecule has 1 saturated heterocycles. The summed E-state index contributed by atoms with van der Waals surface area (Å²) in [4.78, 5) is 0. The number of ether oxygens (including phenoxy) is 1. The molecule has 20 heavy (non-hydrogen) atoms. The third-order valence-corrected chi connectivity index (χ3v) is 5.49. The molecule has 0 amide bonds. The quantitative estimate of drug-likeness (QED) is 0.913. The van der Waals surface area contributed by atoms with Gasteiger partial charge in [0.2, 0.25) is 0 Å². The summed E-state index contributed by atoms with van der Waals surface area (Å²) in [5.74, 6) is 0.627. The first-order valence-corrected chi connectivity index (χ1v) is 8.61. The van der Waals surface area contributed by atoms with E-state index in [0.29, 0.717) is 5.92 Å². The minimum absolute atomic E-state index is 0.283. The molecule has 1 aromatic carbocycles. The number of fused-ring (bicyclic) bond motifs is 1. The van der Waals surface area contributed by atoms with E-state index in [1.807, 2.05) is 11.3 Å². The van der Waals surface area contributed by atoms with E-state index in [1.54, 1.807) is 0 Å². The normalized spacial score (nSPS) is 27.0. The minimum atomic E-state index is 0.283. The molecule has 1 N–H and O–H groups in total. The van der Waals surface area contributed by atoms with Crippen molar-refractivity contribution < 1.29 is 4.74 Å². The molecule has 106 valence electrons. The number of thiophene rings is 1. The van der Waals surface area contributed by atoms with Crippen molar-refractivity contribution in [2.24, 2.45) is 5.92 Å². The topological polar surface area (TPSA) is 21.3 Å². The number of rotatable bonds is 4. The summed E-state index contributed by atoms with van der Waals surface area (Å²) < 4.78 is 7.54. The highest BCUT2D eigenvalue weighted by molar-refractivity contribution is 7.17. The van der Waals surface area contributed by atoms with Gasteiger partial charge < -0.3 is 10.1 Å². The van der Waals surface area contributed by atoms with Crippen LogP contribution in [0.3, 0.4) is 0 Å². The molecule has 3 heteroatoms. The summed E-state index contributed by atoms with van der Waals surface area (Å²) in [6.07, 6.45) is 5.50. The summed E-state index contributed by atoms with van der Waals surface area (Å²) in [6.45, 7) is 2.02. The van der Waals surface area contributed by atoms with Crippen molar-refractivity contribution in [1.29, 1.82) is 0 Å². The molecule has 2 aromatic rings. The zero-order chi connectivity index (χ0) is 13.4. The zero-order valence-corrected chi connectivity index (χ0v) is 12.5. The molecule has 2 heterocycles. The van der Waals surface area contributed by atoms with Crippen molar-refractivity contribution in [2.45, 2.75) is 37.8 Å². The second-order valence-electron chi connectivity index (χ2n) is 6.06. The standard InChI is InChI=1S/C17H21NOS/c1-2-6-16-14(5-1)15(11-20-16)17-12(4-3-9-19-17)10-18-13-7-8-13/h1-2,5-6,11-13,17-18H,3-4,7-10H2. The first-order chi connectivity index (χ1) is 9.92. The Morgan fingerprint density at radius 3 is 3.00 bits per heavy atom. The van der Waals surface area contributed by atoms with Gasteiger partial charge in [-0.3, -0.25) is 0 Å². The Morgan fingerprint density at radius 1 is 1.20 bits per heavy atom. The molecule has 2 unspecified atom stereocenters. The number of benzene rings is 1. The van der Waals surface area contributed by atoms with E-state index in [0.717, 1.165) is 19.2 Å². The lowest BCUT2D eigenvalue weighted by Crippen LogP contribution is -2.32. The van der Waals surface area contributed by atoms with E-state index < -0.39 is 0 Å². The van der Waals surface area contributed by atoms with Crippen molar-refractivity contribution in [3.63, 3.8) is 0 Å². The Morgan fingerprint density at radius 2 is 2.10 bits per heavy atom. The highest BCUT2D eigenvalue weighted by Gasteiger charge is 2.31. The fourth-order valence-electron chi connectivity index (χ4n) is 3.22. The van der Waals surface area contributed by atoms with Gasteiger partial charge in [-0.15, -0.1) is 11.3 Å². The van der Waals surface area contributed by atoms with Gasteiger partial charge in [0.05, 0.1) is 6.10 Å². The van der Waals surface area contributed by atoms with Crippen LogP contribution in [-0.2, 0) is 4.74 Å². The van der Waals surface area contributed by atoms with E-state index in [9.17, 15) is 0 Å². The van der Waals surface area contributed by atoms with E-state index in [-0.39, 0.29) is 6.10 Å². The van der Waals surface area contributed by atoms with E-state index in [4.69, 9.17) is 4.74 Å². The average molecular weight is 287 g/mol. The van der Waals surface area contributed by atoms with Crippen molar-refractivity contribution in [1.82, 2.24) is 5.32 Å². The molecule has 0 spiro atoms. The Kier molecular flexibility index (Phi) is 3.51. The largest absolute Gasteiger partial charge is 0.373 e. The number of nitrogens with one attached hydrogen (secondary N) is 1. The lowest BCUT2D eigenvalue weighted by Gasteiger charge is -2.32. The maximum Gasteiger partial charge on any atom is 0.0879 e. The molecule has 0 bridgehead atoms. The molecule has 2 nitrogen and oxygen atoms in total. The molecule has 1 aromatic heterocycles. The fraction of sp³-hybridized carbons (Fsp3) is 0.529. The van der Waals surface area contributed by atoms with Crippen molar-refractivity contribution >= 4 is 21.4 Å². The van der Waals surface area contributed by atoms with Crippen LogP contribution in [0.25, 0.3) is 10.1 Å². The molecule has 2 fully saturated rings. The van der Waals surface area contributed by atoms with Crippen molar-refractivity contribution in [3.05, 3.63) is 35.2 Å². The molecule has 0 radical (unpaired) electrons. The molecule has 2 aliphatic rings. The molecule has 4 rings (SSSR count). The summed E-state index contributed by atoms with van der Waals surface area (Å²) in [5.41, 5.74) is 1.41. The lowest BCUT2D eigenvalue weighted by atomic mass is 9.89. The van der Waals surface area contributed by atoms with Crippen molar-refractivity contribution in [2.75, 3.05) is 13.2 Å². The second kappa shape index (κ2) is 5.47. The fourth-order valence-corrected chi connectivity index (χ4v) is 4.21. The Hall–Kier alpha value is -0.900. The van der Waals surface area contributed by atoms with Crippen LogP contribution in [0, 0.1) is 5.92 Å². The molecule has 1 saturated carbocycles. The summed E-state index contributed by atoms with van der Waals surface area (Å²) >= 11 is 1.85. The molecule has 1 aliphatic carbocycles. The summed E-state index contributed by atoms with van der Waals surface area (Å²) in [7, 11) is 0. The lowest BCUT2D eigenvalue weighted by molar-refractivity contribution is -0.0268. The third-order valence-electron chi connectivity index (χ3n) is 4.51. The smallest absolute Gasteiger partial charge is 0.0879 e. The van der Waals surface area contributed by atoms with Gasteiger partial charge >= 0.3 is 0 Å². The van der Waals surface area contributed by atoms with E-state index in [2.05, 4.69) is 35.0 Å². The summed E-state index contributed by atoms with van der Waals surface area (Å²) in [6, 6.07) is 9.50. The Labute approximate surface area is 124 Å². The Balaban J connectivity index is 1.59. The van der Waals surface area contributed by atoms with E-state index in [1.165, 1.54) is 41.3 Å². The molecular formula is C17H21NOS. The predicted octanol–water partition coefficient (Wildman–Crippen LogP) is 4.12. The highest BCUT2D eigenvalue weighted by Crippen LogP contribution is 2.39. The van der Waals surface area contributed by atoms with Crippen LogP contribution < -0.4 is 5.32 Å². The van der Waals surface area contributed by atoms with Gasteiger partial charge in [-0.05, 0) is 48.1 Å². The monoisotopic (exact) mass is 287 g/mol. The van der Waals surface area contributed by atoms with Gasteiger partial charge in [0.15, 0.2) is 0 Å². The average Bonchev–Trinajstić information content (AvgIpc) is 3.23. The molecule has 2 atom stereocenters. The van der Waals surface area contributed by atoms with Crippen LogP contribution in [0.2, 0.25) is 0 Å². The van der Waals surface area contributed by atoms with Crippen molar-refractivity contribution in [3.8, 4) is 0 Å². The van der Waals surface area contributed by atoms with Crippen LogP contribution in [0.15, 0.2) is 29.6 Å². The number of hydrogen-bond donors (Lipinski definition) is 1.